The summed E-state index contributed by atoms with van der Waals surface area (Å²) in [5, 5.41) is 12.6. The molecule has 0 unspecified atom stereocenters. The Morgan fingerprint density at radius 2 is 1.92 bits per heavy atom. The van der Waals surface area contributed by atoms with Crippen LogP contribution in [0.25, 0.3) is 5.69 Å². The Labute approximate surface area is 143 Å². The molecule has 124 valence electrons. The highest BCUT2D eigenvalue weighted by atomic mass is 32.2. The molecular weight excluding hydrogens is 327 g/mol. The smallest absolute Gasteiger partial charge is 0.214 e. The van der Waals surface area contributed by atoms with Gasteiger partial charge in [-0.2, -0.15) is 4.68 Å². The normalized spacial score (nSPS) is 10.8. The number of ether oxygens (including phenoxy) is 1. The zero-order valence-electron chi connectivity index (χ0n) is 13.4. The van der Waals surface area contributed by atoms with Crippen molar-refractivity contribution in [2.75, 3.05) is 12.4 Å². The van der Waals surface area contributed by atoms with Crippen LogP contribution >= 0.6 is 11.8 Å². The first-order chi connectivity index (χ1) is 11.6. The number of thioether (sulfide) groups is 1. The van der Waals surface area contributed by atoms with Crippen LogP contribution in [0.1, 0.15) is 11.1 Å². The second-order valence-corrected chi connectivity index (χ2v) is 6.38. The SMILES string of the molecule is Cc1ccc(-n2nnnc2SCCOc2ccc(F)cc2)c(C)c1. The van der Waals surface area contributed by atoms with Gasteiger partial charge in [0.1, 0.15) is 11.6 Å². The highest BCUT2D eigenvalue weighted by Crippen LogP contribution is 2.21. The zero-order chi connectivity index (χ0) is 16.9. The highest BCUT2D eigenvalue weighted by molar-refractivity contribution is 7.99. The number of hydrogen-bond acceptors (Lipinski definition) is 5. The average molecular weight is 344 g/mol. The van der Waals surface area contributed by atoms with Crippen molar-refractivity contribution in [1.82, 2.24) is 20.2 Å². The topological polar surface area (TPSA) is 52.8 Å². The Hall–Kier alpha value is -2.41. The van der Waals surface area contributed by atoms with E-state index in [4.69, 9.17) is 4.74 Å². The van der Waals surface area contributed by atoms with Crippen LogP contribution < -0.4 is 4.74 Å². The fourth-order valence-corrected chi connectivity index (χ4v) is 2.99. The van der Waals surface area contributed by atoms with Gasteiger partial charge in [-0.15, -0.1) is 5.10 Å². The molecule has 0 saturated carbocycles. The Balaban J connectivity index is 1.60. The fourth-order valence-electron chi connectivity index (χ4n) is 2.29. The van der Waals surface area contributed by atoms with Gasteiger partial charge in [-0.3, -0.25) is 0 Å². The first-order valence-electron chi connectivity index (χ1n) is 7.50. The number of hydrogen-bond donors (Lipinski definition) is 0. The molecule has 0 atom stereocenters. The second kappa shape index (κ2) is 7.44. The largest absolute Gasteiger partial charge is 0.493 e. The lowest BCUT2D eigenvalue weighted by molar-refractivity contribution is 0.343. The third-order valence-corrected chi connectivity index (χ3v) is 4.30. The molecular formula is C17H17FN4OS. The lowest BCUT2D eigenvalue weighted by atomic mass is 10.1. The van der Waals surface area contributed by atoms with Crippen LogP contribution in [-0.2, 0) is 0 Å². The van der Waals surface area contributed by atoms with Gasteiger partial charge in [-0.1, -0.05) is 29.5 Å². The average Bonchev–Trinajstić information content (AvgIpc) is 3.01. The van der Waals surface area contributed by atoms with Gasteiger partial charge in [-0.25, -0.2) is 4.39 Å². The number of aromatic nitrogens is 4. The van der Waals surface area contributed by atoms with Crippen molar-refractivity contribution >= 4 is 11.8 Å². The van der Waals surface area contributed by atoms with Crippen molar-refractivity contribution in [3.8, 4) is 11.4 Å². The molecule has 0 N–H and O–H groups in total. The first-order valence-corrected chi connectivity index (χ1v) is 8.49. The molecule has 0 spiro atoms. The summed E-state index contributed by atoms with van der Waals surface area (Å²) in [6.45, 7) is 4.57. The molecule has 0 saturated heterocycles. The maximum absolute atomic E-state index is 12.8. The highest BCUT2D eigenvalue weighted by Gasteiger charge is 2.11. The molecule has 0 fully saturated rings. The second-order valence-electron chi connectivity index (χ2n) is 5.31. The van der Waals surface area contributed by atoms with Crippen molar-refractivity contribution in [2.45, 2.75) is 19.0 Å². The van der Waals surface area contributed by atoms with Crippen molar-refractivity contribution < 1.29 is 9.13 Å². The van der Waals surface area contributed by atoms with E-state index < -0.39 is 0 Å². The Morgan fingerprint density at radius 3 is 2.67 bits per heavy atom. The number of tetrazole rings is 1. The van der Waals surface area contributed by atoms with Crippen LogP contribution in [0.4, 0.5) is 4.39 Å². The van der Waals surface area contributed by atoms with E-state index in [1.807, 2.05) is 19.1 Å². The van der Waals surface area contributed by atoms with E-state index in [2.05, 4.69) is 28.5 Å². The molecule has 0 aliphatic carbocycles. The summed E-state index contributed by atoms with van der Waals surface area (Å²) in [6, 6.07) is 12.1. The van der Waals surface area contributed by atoms with E-state index in [0.717, 1.165) is 11.3 Å². The summed E-state index contributed by atoms with van der Waals surface area (Å²) in [5.41, 5.74) is 3.28. The Bertz CT molecular complexity index is 820. The van der Waals surface area contributed by atoms with E-state index >= 15 is 0 Å². The van der Waals surface area contributed by atoms with Crippen LogP contribution in [0.15, 0.2) is 47.6 Å². The van der Waals surface area contributed by atoms with Crippen molar-refractivity contribution in [1.29, 1.82) is 0 Å². The van der Waals surface area contributed by atoms with E-state index in [9.17, 15) is 4.39 Å². The molecule has 0 aliphatic rings. The lowest BCUT2D eigenvalue weighted by Crippen LogP contribution is -2.04. The lowest BCUT2D eigenvalue weighted by Gasteiger charge is -2.09. The summed E-state index contributed by atoms with van der Waals surface area (Å²) in [5.74, 6) is 1.05. The third-order valence-electron chi connectivity index (χ3n) is 3.42. The quantitative estimate of drug-likeness (QED) is 0.505. The first kappa shape index (κ1) is 16.4. The monoisotopic (exact) mass is 344 g/mol. The van der Waals surface area contributed by atoms with Gasteiger partial charge in [0.05, 0.1) is 12.3 Å². The summed E-state index contributed by atoms with van der Waals surface area (Å²) >= 11 is 1.51. The number of rotatable bonds is 6. The van der Waals surface area contributed by atoms with Crippen LogP contribution in [-0.4, -0.2) is 32.6 Å². The third kappa shape index (κ3) is 3.91. The summed E-state index contributed by atoms with van der Waals surface area (Å²) in [4.78, 5) is 0. The van der Waals surface area contributed by atoms with Gasteiger partial charge in [0.15, 0.2) is 0 Å². The van der Waals surface area contributed by atoms with Gasteiger partial charge in [0, 0.05) is 5.75 Å². The van der Waals surface area contributed by atoms with Crippen molar-refractivity contribution in [3.63, 3.8) is 0 Å². The van der Waals surface area contributed by atoms with E-state index in [-0.39, 0.29) is 5.82 Å². The molecule has 0 radical (unpaired) electrons. The summed E-state index contributed by atoms with van der Waals surface area (Å²) in [6.07, 6.45) is 0. The zero-order valence-corrected chi connectivity index (χ0v) is 14.3. The molecule has 1 heterocycles. The van der Waals surface area contributed by atoms with Gasteiger partial charge < -0.3 is 4.74 Å². The van der Waals surface area contributed by atoms with Crippen LogP contribution in [0, 0.1) is 19.7 Å². The van der Waals surface area contributed by atoms with Gasteiger partial charge in [-0.05, 0) is 60.2 Å². The minimum Gasteiger partial charge on any atom is -0.493 e. The number of aryl methyl sites for hydroxylation is 2. The summed E-state index contributed by atoms with van der Waals surface area (Å²) in [7, 11) is 0. The fraction of sp³-hybridized carbons (Fsp3) is 0.235. The predicted molar refractivity (Wildman–Crippen MR) is 91.2 cm³/mol. The van der Waals surface area contributed by atoms with Gasteiger partial charge in [0.25, 0.3) is 0 Å². The number of nitrogens with zero attached hydrogens (tertiary/aromatic N) is 4. The van der Waals surface area contributed by atoms with Crippen LogP contribution in [0.5, 0.6) is 5.75 Å². The molecule has 3 rings (SSSR count). The Morgan fingerprint density at radius 1 is 1.12 bits per heavy atom. The van der Waals surface area contributed by atoms with Crippen molar-refractivity contribution in [2.24, 2.45) is 0 Å². The standard InChI is InChI=1S/C17H17FN4OS/c1-12-3-8-16(13(2)11-12)22-17(19-20-21-22)24-10-9-23-15-6-4-14(18)5-7-15/h3-8,11H,9-10H2,1-2H3. The molecule has 24 heavy (non-hydrogen) atoms. The van der Waals surface area contributed by atoms with Gasteiger partial charge in [0.2, 0.25) is 5.16 Å². The molecule has 0 amide bonds. The summed E-state index contributed by atoms with van der Waals surface area (Å²) < 4.78 is 20.2. The molecule has 0 aliphatic heterocycles. The maximum atomic E-state index is 12.8. The minimum absolute atomic E-state index is 0.274. The van der Waals surface area contributed by atoms with E-state index in [0.29, 0.717) is 23.3 Å². The Kier molecular flexibility index (Phi) is 5.10. The molecule has 7 heteroatoms. The molecule has 5 nitrogen and oxygen atoms in total. The molecule has 2 aromatic carbocycles. The molecule has 1 aromatic heterocycles. The molecule has 0 bridgehead atoms. The van der Waals surface area contributed by atoms with Crippen LogP contribution in [0.3, 0.4) is 0 Å². The molecule has 3 aromatic rings. The minimum atomic E-state index is -0.274. The maximum Gasteiger partial charge on any atom is 0.214 e. The van der Waals surface area contributed by atoms with E-state index in [1.54, 1.807) is 16.8 Å². The number of halogens is 1. The van der Waals surface area contributed by atoms with E-state index in [1.165, 1.54) is 29.5 Å². The van der Waals surface area contributed by atoms with Crippen molar-refractivity contribution in [3.05, 3.63) is 59.4 Å². The number of benzene rings is 2. The van der Waals surface area contributed by atoms with Gasteiger partial charge >= 0.3 is 0 Å². The van der Waals surface area contributed by atoms with Crippen LogP contribution in [0.2, 0.25) is 0 Å². The predicted octanol–water partition coefficient (Wildman–Crippen LogP) is 3.59.